The first-order chi connectivity index (χ1) is 12.8. The van der Waals surface area contributed by atoms with Crippen molar-refractivity contribution in [2.75, 3.05) is 0 Å². The minimum atomic E-state index is -1.05. The van der Waals surface area contributed by atoms with E-state index in [2.05, 4.69) is 25.2 Å². The number of hydroxylamine groups is 2. The second-order valence-corrected chi connectivity index (χ2v) is 5.39. The Morgan fingerprint density at radius 2 is 1.37 bits per heavy atom. The van der Waals surface area contributed by atoms with E-state index in [9.17, 15) is 19.2 Å². The summed E-state index contributed by atoms with van der Waals surface area (Å²) in [5, 5.41) is 23.1. The largest absolute Gasteiger partial charge is 0.476 e. The van der Waals surface area contributed by atoms with Crippen LogP contribution in [0.5, 0.6) is 0 Å². The Hall–Kier alpha value is -3.76. The molecule has 3 heterocycles. The standard InChI is InChI=1S/C10H9N3O4.C6H6N2O2/c1-6-2-3-7(12-11-6)10(16)17-13-8(14)4-5-9(13)15;1-4-2-3-5(6(9)10)8-7-4/h2-3H,4-5H2,1H3;2-3H,1H3,(H,9,10). The van der Waals surface area contributed by atoms with E-state index in [0.717, 1.165) is 0 Å². The first-order valence-electron chi connectivity index (χ1n) is 7.70. The molecule has 140 valence electrons. The predicted molar refractivity (Wildman–Crippen MR) is 87.0 cm³/mol. The van der Waals surface area contributed by atoms with Gasteiger partial charge in [-0.1, -0.05) is 0 Å². The van der Waals surface area contributed by atoms with Gasteiger partial charge >= 0.3 is 11.9 Å². The van der Waals surface area contributed by atoms with Crippen LogP contribution in [0.3, 0.4) is 0 Å². The summed E-state index contributed by atoms with van der Waals surface area (Å²) < 4.78 is 0. The fraction of sp³-hybridized carbons (Fsp3) is 0.250. The van der Waals surface area contributed by atoms with E-state index < -0.39 is 23.8 Å². The highest BCUT2D eigenvalue weighted by Crippen LogP contribution is 2.13. The Bertz CT molecular complexity index is 850. The molecule has 0 atom stereocenters. The van der Waals surface area contributed by atoms with Crippen LogP contribution in [0, 0.1) is 13.8 Å². The van der Waals surface area contributed by atoms with Crippen LogP contribution < -0.4 is 0 Å². The molecular formula is C16H15N5O6. The molecule has 0 bridgehead atoms. The number of carboxylic acids is 1. The van der Waals surface area contributed by atoms with Gasteiger partial charge in [0, 0.05) is 12.8 Å². The third-order valence-electron chi connectivity index (χ3n) is 3.20. The second kappa shape index (κ2) is 8.56. The van der Waals surface area contributed by atoms with Crippen molar-refractivity contribution in [3.63, 3.8) is 0 Å². The normalized spacial score (nSPS) is 13.0. The summed E-state index contributed by atoms with van der Waals surface area (Å²) in [4.78, 5) is 48.8. The quantitative estimate of drug-likeness (QED) is 0.752. The number of aryl methyl sites for hydroxylation is 2. The molecule has 1 fully saturated rings. The number of rotatable bonds is 3. The molecule has 1 aliphatic rings. The van der Waals surface area contributed by atoms with Crippen molar-refractivity contribution in [3.05, 3.63) is 47.0 Å². The number of carboxylic acid groups (broad SMARTS) is 1. The first-order valence-corrected chi connectivity index (χ1v) is 7.70. The summed E-state index contributed by atoms with van der Waals surface area (Å²) in [7, 11) is 0. The Balaban J connectivity index is 0.000000223. The van der Waals surface area contributed by atoms with Gasteiger partial charge in [0.2, 0.25) is 0 Å². The monoisotopic (exact) mass is 373 g/mol. The van der Waals surface area contributed by atoms with E-state index >= 15 is 0 Å². The van der Waals surface area contributed by atoms with Crippen molar-refractivity contribution in [1.82, 2.24) is 25.5 Å². The number of hydrogen-bond donors (Lipinski definition) is 1. The summed E-state index contributed by atoms with van der Waals surface area (Å²) in [6.45, 7) is 3.47. The molecule has 27 heavy (non-hydrogen) atoms. The smallest absolute Gasteiger partial charge is 0.384 e. The van der Waals surface area contributed by atoms with Crippen LogP contribution in [0.4, 0.5) is 0 Å². The lowest BCUT2D eigenvalue weighted by Gasteiger charge is -2.11. The maximum absolute atomic E-state index is 11.5. The summed E-state index contributed by atoms with van der Waals surface area (Å²) >= 11 is 0. The van der Waals surface area contributed by atoms with E-state index in [4.69, 9.17) is 5.11 Å². The maximum atomic E-state index is 11.5. The lowest BCUT2D eigenvalue weighted by atomic mass is 10.3. The highest BCUT2D eigenvalue weighted by Gasteiger charge is 2.33. The van der Waals surface area contributed by atoms with Gasteiger partial charge in [0.1, 0.15) is 0 Å². The first kappa shape index (κ1) is 19.6. The average molecular weight is 373 g/mol. The number of amides is 2. The minimum Gasteiger partial charge on any atom is -0.476 e. The van der Waals surface area contributed by atoms with E-state index in [1.807, 2.05) is 0 Å². The molecule has 3 rings (SSSR count). The minimum absolute atomic E-state index is 0.0226. The van der Waals surface area contributed by atoms with Crippen LogP contribution in [0.1, 0.15) is 45.2 Å². The molecule has 0 aromatic carbocycles. The van der Waals surface area contributed by atoms with Crippen LogP contribution in [0.2, 0.25) is 0 Å². The summed E-state index contributed by atoms with van der Waals surface area (Å²) in [6, 6.07) is 6.02. The summed E-state index contributed by atoms with van der Waals surface area (Å²) in [5.41, 5.74) is 1.29. The maximum Gasteiger partial charge on any atom is 0.384 e. The zero-order valence-electron chi connectivity index (χ0n) is 14.4. The van der Waals surface area contributed by atoms with Crippen molar-refractivity contribution < 1.29 is 29.1 Å². The molecular weight excluding hydrogens is 358 g/mol. The van der Waals surface area contributed by atoms with Crippen molar-refractivity contribution in [2.45, 2.75) is 26.7 Å². The van der Waals surface area contributed by atoms with Gasteiger partial charge in [-0.05, 0) is 38.1 Å². The Kier molecular flexibility index (Phi) is 6.20. The fourth-order valence-corrected chi connectivity index (χ4v) is 1.81. The molecule has 0 unspecified atom stereocenters. The van der Waals surface area contributed by atoms with Crippen molar-refractivity contribution in [1.29, 1.82) is 0 Å². The fourth-order valence-electron chi connectivity index (χ4n) is 1.81. The number of carbonyl (C=O) groups is 4. The van der Waals surface area contributed by atoms with Crippen molar-refractivity contribution in [2.24, 2.45) is 0 Å². The number of carbonyl (C=O) groups excluding carboxylic acids is 3. The van der Waals surface area contributed by atoms with Gasteiger partial charge in [-0.15, -0.1) is 15.3 Å². The van der Waals surface area contributed by atoms with Gasteiger partial charge in [0.05, 0.1) is 11.4 Å². The number of hydrogen-bond acceptors (Lipinski definition) is 9. The predicted octanol–water partition coefficient (Wildman–Crippen LogP) is 0.489. The van der Waals surface area contributed by atoms with E-state index in [-0.39, 0.29) is 24.2 Å². The van der Waals surface area contributed by atoms with Crippen LogP contribution in [0.25, 0.3) is 0 Å². The molecule has 0 aliphatic carbocycles. The zero-order chi connectivity index (χ0) is 20.0. The van der Waals surface area contributed by atoms with E-state index in [1.54, 1.807) is 26.0 Å². The van der Waals surface area contributed by atoms with Gasteiger partial charge in [-0.2, -0.15) is 10.2 Å². The molecule has 2 amide bonds. The topological polar surface area (TPSA) is 153 Å². The number of imide groups is 1. The molecule has 1 aliphatic heterocycles. The third kappa shape index (κ3) is 5.36. The van der Waals surface area contributed by atoms with Gasteiger partial charge in [-0.25, -0.2) is 9.59 Å². The van der Waals surface area contributed by atoms with Gasteiger partial charge in [-0.3, -0.25) is 9.59 Å². The number of aromatic carboxylic acids is 1. The van der Waals surface area contributed by atoms with Crippen molar-refractivity contribution >= 4 is 23.8 Å². The Morgan fingerprint density at radius 1 is 0.889 bits per heavy atom. The summed E-state index contributed by atoms with van der Waals surface area (Å²) in [5.74, 6) is -2.97. The average Bonchev–Trinajstić information content (AvgIpc) is 2.95. The summed E-state index contributed by atoms with van der Waals surface area (Å²) in [6.07, 6.45) is 0.122. The molecule has 11 heteroatoms. The molecule has 1 saturated heterocycles. The molecule has 0 saturated carbocycles. The SMILES string of the molecule is Cc1ccc(C(=O)O)nn1.Cc1ccc(C(=O)ON2C(=O)CCC2=O)nn1. The Morgan fingerprint density at radius 3 is 1.78 bits per heavy atom. The van der Waals surface area contributed by atoms with Gasteiger partial charge in [0.25, 0.3) is 11.8 Å². The number of aromatic nitrogens is 4. The van der Waals surface area contributed by atoms with E-state index in [1.165, 1.54) is 12.1 Å². The van der Waals surface area contributed by atoms with Gasteiger partial charge < -0.3 is 9.94 Å². The zero-order valence-corrected chi connectivity index (χ0v) is 14.4. The lowest BCUT2D eigenvalue weighted by Crippen LogP contribution is -2.32. The van der Waals surface area contributed by atoms with Crippen LogP contribution in [-0.2, 0) is 14.4 Å². The molecule has 0 radical (unpaired) electrons. The highest BCUT2D eigenvalue weighted by atomic mass is 16.7. The molecule has 1 N–H and O–H groups in total. The third-order valence-corrected chi connectivity index (χ3v) is 3.20. The number of nitrogens with zero attached hydrogens (tertiary/aromatic N) is 5. The highest BCUT2D eigenvalue weighted by molar-refractivity contribution is 6.02. The lowest BCUT2D eigenvalue weighted by molar-refractivity contribution is -0.172. The van der Waals surface area contributed by atoms with Crippen LogP contribution >= 0.6 is 0 Å². The van der Waals surface area contributed by atoms with E-state index in [0.29, 0.717) is 16.5 Å². The van der Waals surface area contributed by atoms with Crippen molar-refractivity contribution in [3.8, 4) is 0 Å². The van der Waals surface area contributed by atoms with Crippen LogP contribution in [0.15, 0.2) is 24.3 Å². The Labute approximate surface area is 152 Å². The van der Waals surface area contributed by atoms with Gasteiger partial charge in [0.15, 0.2) is 11.4 Å². The molecule has 11 nitrogen and oxygen atoms in total. The molecule has 2 aromatic rings. The second-order valence-electron chi connectivity index (χ2n) is 5.39. The van der Waals surface area contributed by atoms with Crippen LogP contribution in [-0.4, -0.2) is 54.3 Å². The molecule has 2 aromatic heterocycles. The molecule has 0 spiro atoms.